The van der Waals surface area contributed by atoms with E-state index in [1.807, 2.05) is 51.1 Å². The maximum Gasteiger partial charge on any atom is 0.270 e. The van der Waals surface area contributed by atoms with Gasteiger partial charge >= 0.3 is 0 Å². The lowest BCUT2D eigenvalue weighted by Gasteiger charge is -2.15. The molecule has 0 aliphatic carbocycles. The third-order valence-corrected chi connectivity index (χ3v) is 5.80. The Balaban J connectivity index is 1.94. The lowest BCUT2D eigenvalue weighted by Crippen LogP contribution is -2.27. The summed E-state index contributed by atoms with van der Waals surface area (Å²) >= 11 is 12.9. The molecule has 1 amide bonds. The van der Waals surface area contributed by atoms with Crippen LogP contribution in [0.15, 0.2) is 41.3 Å². The van der Waals surface area contributed by atoms with Crippen LogP contribution in [-0.2, 0) is 4.79 Å². The number of rotatable bonds is 6. The van der Waals surface area contributed by atoms with Crippen LogP contribution in [0.1, 0.15) is 25.0 Å². The monoisotopic (exact) mass is 433 g/mol. The zero-order valence-electron chi connectivity index (χ0n) is 15.8. The first-order valence-corrected chi connectivity index (χ1v) is 10.5. The molecule has 1 fully saturated rings. The molecule has 1 saturated heterocycles. The number of carbonyl (C=O) groups excluding carboxylic acids is 1. The van der Waals surface area contributed by atoms with Gasteiger partial charge in [0, 0.05) is 16.7 Å². The lowest BCUT2D eigenvalue weighted by molar-refractivity contribution is -0.113. The van der Waals surface area contributed by atoms with Crippen molar-refractivity contribution in [2.45, 2.75) is 20.8 Å². The molecule has 4 nitrogen and oxygen atoms in total. The van der Waals surface area contributed by atoms with Crippen LogP contribution in [0, 0.1) is 6.92 Å². The van der Waals surface area contributed by atoms with Gasteiger partial charge in [0.15, 0.2) is 4.32 Å². The van der Waals surface area contributed by atoms with Crippen LogP contribution < -0.4 is 14.4 Å². The highest BCUT2D eigenvalue weighted by Crippen LogP contribution is 2.38. The minimum Gasteiger partial charge on any atom is -0.494 e. The first-order chi connectivity index (χ1) is 13.4. The highest BCUT2D eigenvalue weighted by atomic mass is 35.5. The van der Waals surface area contributed by atoms with Crippen LogP contribution in [-0.4, -0.2) is 23.4 Å². The average Bonchev–Trinajstić information content (AvgIpc) is 2.93. The minimum atomic E-state index is -0.175. The fourth-order valence-electron chi connectivity index (χ4n) is 2.72. The van der Waals surface area contributed by atoms with Gasteiger partial charge in [-0.2, -0.15) is 0 Å². The molecule has 0 unspecified atom stereocenters. The lowest BCUT2D eigenvalue weighted by atomic mass is 10.1. The highest BCUT2D eigenvalue weighted by molar-refractivity contribution is 8.27. The van der Waals surface area contributed by atoms with Gasteiger partial charge in [0.2, 0.25) is 0 Å². The maximum atomic E-state index is 13.0. The molecule has 0 spiro atoms. The largest absolute Gasteiger partial charge is 0.494 e. The Labute approximate surface area is 179 Å². The second-order valence-electron chi connectivity index (χ2n) is 6.02. The van der Waals surface area contributed by atoms with Gasteiger partial charge in [-0.05, 0) is 56.7 Å². The molecule has 0 bridgehead atoms. The third-order valence-electron chi connectivity index (χ3n) is 4.09. The second-order valence-corrected chi connectivity index (χ2v) is 8.10. The Hall–Kier alpha value is -2.02. The number of ether oxygens (including phenoxy) is 2. The van der Waals surface area contributed by atoms with Crippen molar-refractivity contribution in [1.82, 2.24) is 0 Å². The van der Waals surface area contributed by atoms with Gasteiger partial charge in [0.1, 0.15) is 11.5 Å². The third kappa shape index (κ3) is 4.35. The molecule has 0 aromatic heterocycles. The van der Waals surface area contributed by atoms with Crippen LogP contribution in [0.3, 0.4) is 0 Å². The van der Waals surface area contributed by atoms with E-state index in [2.05, 4.69) is 0 Å². The molecule has 7 heteroatoms. The van der Waals surface area contributed by atoms with E-state index in [0.29, 0.717) is 38.9 Å². The number of carbonyl (C=O) groups is 1. The molecule has 0 N–H and O–H groups in total. The Morgan fingerprint density at radius 3 is 2.57 bits per heavy atom. The normalized spacial score (nSPS) is 15.4. The topological polar surface area (TPSA) is 38.8 Å². The quantitative estimate of drug-likeness (QED) is 0.422. The van der Waals surface area contributed by atoms with Crippen LogP contribution in [0.25, 0.3) is 6.08 Å². The van der Waals surface area contributed by atoms with E-state index in [1.54, 1.807) is 12.1 Å². The van der Waals surface area contributed by atoms with E-state index in [1.165, 1.54) is 16.7 Å². The van der Waals surface area contributed by atoms with Gasteiger partial charge < -0.3 is 9.47 Å². The van der Waals surface area contributed by atoms with Crippen molar-refractivity contribution < 1.29 is 14.3 Å². The summed E-state index contributed by atoms with van der Waals surface area (Å²) in [5.41, 5.74) is 2.41. The maximum absolute atomic E-state index is 13.0. The van der Waals surface area contributed by atoms with E-state index in [0.717, 1.165) is 16.9 Å². The summed E-state index contributed by atoms with van der Waals surface area (Å²) in [5, 5.41) is 0.598. The van der Waals surface area contributed by atoms with Crippen molar-refractivity contribution >= 4 is 57.6 Å². The van der Waals surface area contributed by atoms with Crippen LogP contribution in [0.4, 0.5) is 5.69 Å². The smallest absolute Gasteiger partial charge is 0.270 e. The minimum absolute atomic E-state index is 0.175. The molecular weight excluding hydrogens is 414 g/mol. The van der Waals surface area contributed by atoms with Gasteiger partial charge in [0.05, 0.1) is 23.8 Å². The van der Waals surface area contributed by atoms with Crippen molar-refractivity contribution in [2.24, 2.45) is 0 Å². The molecule has 1 aliphatic heterocycles. The molecule has 0 saturated carbocycles. The predicted octanol–water partition coefficient (Wildman–Crippen LogP) is 5.85. The molecular formula is C21H20ClNO3S2. The van der Waals surface area contributed by atoms with E-state index < -0.39 is 0 Å². The summed E-state index contributed by atoms with van der Waals surface area (Å²) in [6.07, 6.45) is 1.80. The number of nitrogens with zero attached hydrogens (tertiary/aromatic N) is 1. The first-order valence-electron chi connectivity index (χ1n) is 8.88. The number of hydrogen-bond donors (Lipinski definition) is 0. The molecule has 2 aromatic carbocycles. The number of benzene rings is 2. The first kappa shape index (κ1) is 20.7. The van der Waals surface area contributed by atoms with Crippen LogP contribution in [0.2, 0.25) is 5.02 Å². The number of hydrogen-bond acceptors (Lipinski definition) is 5. The Morgan fingerprint density at radius 2 is 1.89 bits per heavy atom. The number of amides is 1. The molecule has 3 rings (SSSR count). The van der Waals surface area contributed by atoms with Crippen molar-refractivity contribution in [1.29, 1.82) is 0 Å². The molecule has 0 radical (unpaired) electrons. The molecule has 28 heavy (non-hydrogen) atoms. The van der Waals surface area contributed by atoms with E-state index in [4.69, 9.17) is 33.3 Å². The highest BCUT2D eigenvalue weighted by Gasteiger charge is 2.33. The van der Waals surface area contributed by atoms with Gasteiger partial charge in [-0.15, -0.1) is 0 Å². The van der Waals surface area contributed by atoms with Crippen LogP contribution in [0.5, 0.6) is 11.5 Å². The summed E-state index contributed by atoms with van der Waals surface area (Å²) in [5.74, 6) is 1.22. The molecule has 1 aliphatic rings. The summed E-state index contributed by atoms with van der Waals surface area (Å²) in [4.78, 5) is 15.0. The van der Waals surface area contributed by atoms with Gasteiger partial charge in [-0.1, -0.05) is 41.6 Å². The van der Waals surface area contributed by atoms with Gasteiger partial charge in [0.25, 0.3) is 5.91 Å². The van der Waals surface area contributed by atoms with E-state index >= 15 is 0 Å². The van der Waals surface area contributed by atoms with Gasteiger partial charge in [-0.3, -0.25) is 9.69 Å². The van der Waals surface area contributed by atoms with Crippen molar-refractivity contribution in [3.8, 4) is 11.5 Å². The summed E-state index contributed by atoms with van der Waals surface area (Å²) in [6.45, 7) is 6.84. The Bertz CT molecular complexity index is 959. The summed E-state index contributed by atoms with van der Waals surface area (Å²) in [7, 11) is 0. The number of anilines is 1. The SMILES string of the molecule is CCOc1ccc(/C=C2\SC(=S)N(c3ccc(C)c(Cl)c3)C2=O)c(OCC)c1. The molecule has 146 valence electrons. The van der Waals surface area contributed by atoms with Crippen molar-refractivity contribution in [2.75, 3.05) is 18.1 Å². The van der Waals surface area contributed by atoms with E-state index in [-0.39, 0.29) is 5.91 Å². The van der Waals surface area contributed by atoms with Crippen molar-refractivity contribution in [3.63, 3.8) is 0 Å². The predicted molar refractivity (Wildman–Crippen MR) is 121 cm³/mol. The van der Waals surface area contributed by atoms with Gasteiger partial charge in [-0.25, -0.2) is 0 Å². The molecule has 2 aromatic rings. The fraction of sp³-hybridized carbons (Fsp3) is 0.238. The fourth-order valence-corrected chi connectivity index (χ4v) is 4.19. The number of aryl methyl sites for hydroxylation is 1. The zero-order chi connectivity index (χ0) is 20.3. The summed E-state index contributed by atoms with van der Waals surface area (Å²) < 4.78 is 11.7. The average molecular weight is 434 g/mol. The summed E-state index contributed by atoms with van der Waals surface area (Å²) in [6, 6.07) is 11.0. The number of thioether (sulfide) groups is 1. The number of thiocarbonyl (C=S) groups is 1. The van der Waals surface area contributed by atoms with E-state index in [9.17, 15) is 4.79 Å². The Morgan fingerprint density at radius 1 is 1.14 bits per heavy atom. The Kier molecular flexibility index (Phi) is 6.65. The number of halogens is 1. The molecule has 1 heterocycles. The second kappa shape index (κ2) is 8.99. The molecule has 0 atom stereocenters. The zero-order valence-corrected chi connectivity index (χ0v) is 18.2. The van der Waals surface area contributed by atoms with Crippen LogP contribution >= 0.6 is 35.6 Å². The van der Waals surface area contributed by atoms with Crippen molar-refractivity contribution in [3.05, 3.63) is 57.5 Å². The standard InChI is InChI=1S/C21H20ClNO3S2/c1-4-25-16-9-7-14(18(12-16)26-5-2)10-19-20(24)23(21(27)28-19)15-8-6-13(3)17(22)11-15/h6-12H,4-5H2,1-3H3/b19-10-.